The van der Waals surface area contributed by atoms with Crippen molar-refractivity contribution in [1.29, 1.82) is 0 Å². The highest BCUT2D eigenvalue weighted by molar-refractivity contribution is 9.10. The lowest BCUT2D eigenvalue weighted by molar-refractivity contribution is 0.0734. The normalized spacial score (nSPS) is 10.7. The predicted octanol–water partition coefficient (Wildman–Crippen LogP) is 5.05. The number of ether oxygens (including phenoxy) is 1. The summed E-state index contributed by atoms with van der Waals surface area (Å²) in [5, 5.41) is 4.01. The first kappa shape index (κ1) is 20.5. The van der Waals surface area contributed by atoms with E-state index in [1.807, 2.05) is 32.0 Å². The van der Waals surface area contributed by atoms with Crippen molar-refractivity contribution in [1.82, 2.24) is 5.43 Å². The van der Waals surface area contributed by atoms with Crippen LogP contribution in [-0.2, 0) is 0 Å². The highest BCUT2D eigenvalue weighted by atomic mass is 79.9. The fraction of sp³-hybridized carbons (Fsp3) is 0.0870. The molecular formula is C23H19BrN2O3. The van der Waals surface area contributed by atoms with Gasteiger partial charge in [0.25, 0.3) is 5.91 Å². The van der Waals surface area contributed by atoms with Gasteiger partial charge in [-0.2, -0.15) is 5.10 Å². The van der Waals surface area contributed by atoms with Crippen molar-refractivity contribution in [3.63, 3.8) is 0 Å². The van der Waals surface area contributed by atoms with E-state index >= 15 is 0 Å². The summed E-state index contributed by atoms with van der Waals surface area (Å²) in [6.07, 6.45) is 1.44. The molecule has 6 heteroatoms. The molecule has 0 saturated heterocycles. The molecule has 146 valence electrons. The maximum atomic E-state index is 12.5. The minimum Gasteiger partial charge on any atom is -0.422 e. The number of benzene rings is 3. The number of nitrogens with one attached hydrogen (secondary N) is 1. The molecule has 0 saturated carbocycles. The third-order valence-electron chi connectivity index (χ3n) is 4.08. The van der Waals surface area contributed by atoms with Gasteiger partial charge < -0.3 is 4.74 Å². The molecule has 3 aromatic carbocycles. The average molecular weight is 451 g/mol. The summed E-state index contributed by atoms with van der Waals surface area (Å²) in [5.74, 6) is -0.444. The van der Waals surface area contributed by atoms with Gasteiger partial charge in [-0.3, -0.25) is 4.79 Å². The summed E-state index contributed by atoms with van der Waals surface area (Å²) in [7, 11) is 0. The van der Waals surface area contributed by atoms with Crippen molar-refractivity contribution in [2.24, 2.45) is 5.10 Å². The van der Waals surface area contributed by atoms with E-state index in [2.05, 4.69) is 26.5 Å². The molecule has 0 aliphatic rings. The molecule has 0 spiro atoms. The van der Waals surface area contributed by atoms with E-state index in [1.165, 1.54) is 6.21 Å². The smallest absolute Gasteiger partial charge is 0.343 e. The van der Waals surface area contributed by atoms with Crippen LogP contribution in [-0.4, -0.2) is 18.1 Å². The van der Waals surface area contributed by atoms with E-state index in [9.17, 15) is 9.59 Å². The van der Waals surface area contributed by atoms with Crippen LogP contribution in [0.4, 0.5) is 0 Å². The maximum absolute atomic E-state index is 12.5. The molecule has 0 unspecified atom stereocenters. The van der Waals surface area contributed by atoms with Gasteiger partial charge in [0.05, 0.1) is 11.8 Å². The molecule has 5 nitrogen and oxygen atoms in total. The van der Waals surface area contributed by atoms with E-state index in [4.69, 9.17) is 4.74 Å². The topological polar surface area (TPSA) is 67.8 Å². The molecular weight excluding hydrogens is 432 g/mol. The minimum absolute atomic E-state index is 0.321. The zero-order valence-electron chi connectivity index (χ0n) is 16.0. The zero-order chi connectivity index (χ0) is 20.8. The number of nitrogens with zero attached hydrogens (tertiary/aromatic N) is 1. The fourth-order valence-electron chi connectivity index (χ4n) is 2.66. The highest BCUT2D eigenvalue weighted by Crippen LogP contribution is 2.23. The van der Waals surface area contributed by atoms with Gasteiger partial charge in [0.2, 0.25) is 0 Å². The largest absolute Gasteiger partial charge is 0.422 e. The van der Waals surface area contributed by atoms with Gasteiger partial charge in [-0.25, -0.2) is 10.2 Å². The number of rotatable bonds is 5. The third kappa shape index (κ3) is 5.62. The minimum atomic E-state index is -0.463. The summed E-state index contributed by atoms with van der Waals surface area (Å²) in [6, 6.07) is 19.6. The van der Waals surface area contributed by atoms with E-state index in [0.29, 0.717) is 22.4 Å². The van der Waals surface area contributed by atoms with E-state index < -0.39 is 5.97 Å². The molecule has 0 fully saturated rings. The lowest BCUT2D eigenvalue weighted by Crippen LogP contribution is -2.17. The van der Waals surface area contributed by atoms with E-state index in [1.54, 1.807) is 48.5 Å². The van der Waals surface area contributed by atoms with Gasteiger partial charge in [-0.15, -0.1) is 0 Å². The van der Waals surface area contributed by atoms with Crippen LogP contribution >= 0.6 is 15.9 Å². The molecule has 0 radical (unpaired) electrons. The number of hydrogen-bond acceptors (Lipinski definition) is 4. The van der Waals surface area contributed by atoms with Crippen molar-refractivity contribution in [2.45, 2.75) is 13.8 Å². The Hall–Kier alpha value is -3.25. The maximum Gasteiger partial charge on any atom is 0.343 e. The van der Waals surface area contributed by atoms with Crippen LogP contribution in [0.15, 0.2) is 76.3 Å². The van der Waals surface area contributed by atoms with E-state index in [-0.39, 0.29) is 5.91 Å². The number of hydrogen-bond donors (Lipinski definition) is 1. The summed E-state index contributed by atoms with van der Waals surface area (Å²) < 4.78 is 6.33. The number of carbonyl (C=O) groups is 2. The Morgan fingerprint density at radius 3 is 2.28 bits per heavy atom. The first-order chi connectivity index (χ1) is 13.9. The number of carbonyl (C=O) groups excluding carboxylic acids is 2. The van der Waals surface area contributed by atoms with Gasteiger partial charge in [-0.1, -0.05) is 51.3 Å². The molecule has 0 bridgehead atoms. The molecule has 29 heavy (non-hydrogen) atoms. The molecule has 0 aliphatic carbocycles. The Balaban J connectivity index is 1.75. The van der Waals surface area contributed by atoms with E-state index in [0.717, 1.165) is 15.6 Å². The first-order valence-electron chi connectivity index (χ1n) is 8.91. The van der Waals surface area contributed by atoms with Crippen molar-refractivity contribution in [3.8, 4) is 5.75 Å². The highest BCUT2D eigenvalue weighted by Gasteiger charge is 2.12. The predicted molar refractivity (Wildman–Crippen MR) is 117 cm³/mol. The lowest BCUT2D eigenvalue weighted by Gasteiger charge is -2.08. The average Bonchev–Trinajstić information content (AvgIpc) is 2.69. The molecule has 3 rings (SSSR count). The Morgan fingerprint density at radius 2 is 1.59 bits per heavy atom. The monoisotopic (exact) mass is 450 g/mol. The molecule has 0 atom stereocenters. The standard InChI is InChI=1S/C23H19BrN2O3/c1-15-5-3-7-17(11-15)22(27)26-25-14-19-13-20(24)9-10-21(19)29-23(28)18-8-4-6-16(2)12-18/h3-14H,1-2H3,(H,26,27). The van der Waals surface area contributed by atoms with Crippen LogP contribution in [0.5, 0.6) is 5.75 Å². The second-order valence-corrected chi connectivity index (χ2v) is 7.43. The number of halogens is 1. The Kier molecular flexibility index (Phi) is 6.57. The molecule has 1 amide bonds. The van der Waals surface area contributed by atoms with Gasteiger partial charge in [0.15, 0.2) is 0 Å². The van der Waals surface area contributed by atoms with Crippen molar-refractivity contribution in [3.05, 3.63) is 99.0 Å². The van der Waals surface area contributed by atoms with Gasteiger partial charge in [0, 0.05) is 15.6 Å². The Labute approximate surface area is 177 Å². The van der Waals surface area contributed by atoms with Crippen LogP contribution < -0.4 is 10.2 Å². The number of esters is 1. The van der Waals surface area contributed by atoms with Gasteiger partial charge in [-0.05, 0) is 56.3 Å². The summed E-state index contributed by atoms with van der Waals surface area (Å²) in [4.78, 5) is 24.7. The summed E-state index contributed by atoms with van der Waals surface area (Å²) in [6.45, 7) is 3.82. The molecule has 1 N–H and O–H groups in total. The Morgan fingerprint density at radius 1 is 0.931 bits per heavy atom. The molecule has 0 heterocycles. The Bertz CT molecular complexity index is 1090. The third-order valence-corrected chi connectivity index (χ3v) is 4.57. The van der Waals surface area contributed by atoms with Crippen LogP contribution in [0.3, 0.4) is 0 Å². The lowest BCUT2D eigenvalue weighted by atomic mass is 10.1. The molecule has 0 aromatic heterocycles. The van der Waals surface area contributed by atoms with Crippen molar-refractivity contribution < 1.29 is 14.3 Å². The molecule has 3 aromatic rings. The summed E-state index contributed by atoms with van der Waals surface area (Å²) in [5.41, 5.74) is 5.97. The van der Waals surface area contributed by atoms with Gasteiger partial charge in [0.1, 0.15) is 5.75 Å². The SMILES string of the molecule is Cc1cccc(C(=O)NN=Cc2cc(Br)ccc2OC(=O)c2cccc(C)c2)c1. The van der Waals surface area contributed by atoms with Crippen molar-refractivity contribution >= 4 is 34.0 Å². The van der Waals surface area contributed by atoms with Crippen LogP contribution in [0, 0.1) is 13.8 Å². The van der Waals surface area contributed by atoms with Gasteiger partial charge >= 0.3 is 5.97 Å². The van der Waals surface area contributed by atoms with Crippen molar-refractivity contribution in [2.75, 3.05) is 0 Å². The molecule has 0 aliphatic heterocycles. The van der Waals surface area contributed by atoms with Crippen LogP contribution in [0.2, 0.25) is 0 Å². The summed E-state index contributed by atoms with van der Waals surface area (Å²) >= 11 is 3.39. The zero-order valence-corrected chi connectivity index (χ0v) is 17.6. The van der Waals surface area contributed by atoms with Crippen LogP contribution in [0.1, 0.15) is 37.4 Å². The number of aryl methyl sites for hydroxylation is 2. The van der Waals surface area contributed by atoms with Crippen LogP contribution in [0.25, 0.3) is 0 Å². The second-order valence-electron chi connectivity index (χ2n) is 6.51. The first-order valence-corrected chi connectivity index (χ1v) is 9.70. The number of amides is 1. The number of hydrazone groups is 1. The fourth-order valence-corrected chi connectivity index (χ4v) is 3.03. The second kappa shape index (κ2) is 9.30. The quantitative estimate of drug-likeness (QED) is 0.256.